The fraction of sp³-hybridized carbons (Fsp3) is 0.286. The molecule has 0 bridgehead atoms. The maximum atomic E-state index is 5.59. The molecule has 0 spiro atoms. The van der Waals surface area contributed by atoms with E-state index in [2.05, 4.69) is 6.07 Å². The van der Waals surface area contributed by atoms with E-state index >= 15 is 0 Å². The smallest absolute Gasteiger partial charge is 0.119 e. The lowest BCUT2D eigenvalue weighted by Crippen LogP contribution is -2.06. The van der Waals surface area contributed by atoms with Crippen molar-refractivity contribution in [3.63, 3.8) is 0 Å². The molecule has 4 heteroatoms. The van der Waals surface area contributed by atoms with Gasteiger partial charge in [0.05, 0.1) is 13.2 Å². The van der Waals surface area contributed by atoms with Gasteiger partial charge < -0.3 is 15.2 Å². The van der Waals surface area contributed by atoms with Crippen LogP contribution in [0, 0.1) is 0 Å². The van der Waals surface area contributed by atoms with Gasteiger partial charge in [0.15, 0.2) is 0 Å². The van der Waals surface area contributed by atoms with Crippen molar-refractivity contribution < 1.29 is 9.47 Å². The molecular formula is C14H17NO2S. The van der Waals surface area contributed by atoms with Gasteiger partial charge in [0.25, 0.3) is 0 Å². The van der Waals surface area contributed by atoms with Gasteiger partial charge in [-0.05, 0) is 29.1 Å². The quantitative estimate of drug-likeness (QED) is 0.781. The van der Waals surface area contributed by atoms with Crippen molar-refractivity contribution >= 4 is 11.3 Å². The average Bonchev–Trinajstić information content (AvgIpc) is 2.92. The first-order valence-electron chi connectivity index (χ1n) is 5.90. The summed E-state index contributed by atoms with van der Waals surface area (Å²) in [7, 11) is 0. The van der Waals surface area contributed by atoms with Gasteiger partial charge >= 0.3 is 0 Å². The molecule has 1 aromatic heterocycles. The van der Waals surface area contributed by atoms with Crippen molar-refractivity contribution in [3.8, 4) is 5.75 Å². The van der Waals surface area contributed by atoms with E-state index in [9.17, 15) is 0 Å². The number of rotatable bonds is 7. The van der Waals surface area contributed by atoms with Gasteiger partial charge in [-0.1, -0.05) is 18.2 Å². The number of hydrogen-bond donors (Lipinski definition) is 1. The average molecular weight is 263 g/mol. The Hall–Kier alpha value is -1.36. The molecule has 0 aliphatic rings. The molecular weight excluding hydrogens is 246 g/mol. The van der Waals surface area contributed by atoms with Crippen LogP contribution in [0.25, 0.3) is 0 Å². The number of thiophene rings is 1. The SMILES string of the molecule is NCc1cccc(OCCOCc2cccs2)c1. The van der Waals surface area contributed by atoms with Gasteiger partial charge in [-0.2, -0.15) is 0 Å². The predicted octanol–water partition coefficient (Wildman–Crippen LogP) is 2.80. The maximum Gasteiger partial charge on any atom is 0.119 e. The summed E-state index contributed by atoms with van der Waals surface area (Å²) in [6, 6.07) is 11.9. The Morgan fingerprint density at radius 1 is 1.11 bits per heavy atom. The van der Waals surface area contributed by atoms with Gasteiger partial charge in [0.1, 0.15) is 12.4 Å². The van der Waals surface area contributed by atoms with Crippen LogP contribution in [0.5, 0.6) is 5.75 Å². The van der Waals surface area contributed by atoms with Crippen LogP contribution in [0.1, 0.15) is 10.4 Å². The van der Waals surface area contributed by atoms with Crippen molar-refractivity contribution in [2.75, 3.05) is 13.2 Å². The van der Waals surface area contributed by atoms with Crippen molar-refractivity contribution in [2.24, 2.45) is 5.73 Å². The summed E-state index contributed by atoms with van der Waals surface area (Å²) in [6.45, 7) is 2.33. The molecule has 96 valence electrons. The fourth-order valence-electron chi connectivity index (χ4n) is 1.55. The minimum absolute atomic E-state index is 0.534. The third-order valence-electron chi connectivity index (χ3n) is 2.45. The second-order valence-electron chi connectivity index (χ2n) is 3.83. The number of ether oxygens (including phenoxy) is 2. The molecule has 2 aromatic rings. The number of nitrogens with two attached hydrogens (primary N) is 1. The fourth-order valence-corrected chi connectivity index (χ4v) is 2.19. The van der Waals surface area contributed by atoms with Gasteiger partial charge in [0, 0.05) is 11.4 Å². The van der Waals surface area contributed by atoms with Gasteiger partial charge in [0.2, 0.25) is 0 Å². The van der Waals surface area contributed by atoms with Crippen LogP contribution in [0.15, 0.2) is 41.8 Å². The normalized spacial score (nSPS) is 10.5. The predicted molar refractivity (Wildman–Crippen MR) is 73.8 cm³/mol. The summed E-state index contributed by atoms with van der Waals surface area (Å²) < 4.78 is 11.1. The topological polar surface area (TPSA) is 44.5 Å². The first kappa shape index (κ1) is 13.1. The second-order valence-corrected chi connectivity index (χ2v) is 4.86. The molecule has 0 aliphatic heterocycles. The third-order valence-corrected chi connectivity index (χ3v) is 3.30. The summed E-state index contributed by atoms with van der Waals surface area (Å²) >= 11 is 1.70. The molecule has 0 unspecified atom stereocenters. The molecule has 0 saturated carbocycles. The summed E-state index contributed by atoms with van der Waals surface area (Å²) in [5.41, 5.74) is 6.65. The minimum atomic E-state index is 0.534. The van der Waals surface area contributed by atoms with E-state index in [0.29, 0.717) is 26.4 Å². The highest BCUT2D eigenvalue weighted by atomic mass is 32.1. The first-order valence-corrected chi connectivity index (χ1v) is 6.78. The first-order chi connectivity index (χ1) is 8.88. The Balaban J connectivity index is 1.65. The molecule has 1 aromatic carbocycles. The van der Waals surface area contributed by atoms with Crippen LogP contribution in [0.3, 0.4) is 0 Å². The number of hydrogen-bond acceptors (Lipinski definition) is 4. The lowest BCUT2D eigenvalue weighted by atomic mass is 10.2. The molecule has 0 amide bonds. The van der Waals surface area contributed by atoms with Gasteiger partial charge in [-0.25, -0.2) is 0 Å². The molecule has 0 atom stereocenters. The van der Waals surface area contributed by atoms with E-state index in [4.69, 9.17) is 15.2 Å². The highest BCUT2D eigenvalue weighted by Crippen LogP contribution is 2.13. The van der Waals surface area contributed by atoms with Gasteiger partial charge in [-0.3, -0.25) is 0 Å². The standard InChI is InChI=1S/C14H17NO2S/c15-10-12-3-1-4-13(9-12)17-7-6-16-11-14-5-2-8-18-14/h1-5,8-9H,6-7,10-11,15H2. The molecule has 0 saturated heterocycles. The van der Waals surface area contributed by atoms with Crippen LogP contribution in [-0.4, -0.2) is 13.2 Å². The van der Waals surface area contributed by atoms with E-state index < -0.39 is 0 Å². The van der Waals surface area contributed by atoms with Crippen molar-refractivity contribution in [3.05, 3.63) is 52.2 Å². The minimum Gasteiger partial charge on any atom is -0.491 e. The zero-order valence-electron chi connectivity index (χ0n) is 10.2. The maximum absolute atomic E-state index is 5.59. The molecule has 2 rings (SSSR count). The lowest BCUT2D eigenvalue weighted by molar-refractivity contribution is 0.0905. The van der Waals surface area contributed by atoms with E-state index in [1.165, 1.54) is 4.88 Å². The van der Waals surface area contributed by atoms with Crippen molar-refractivity contribution in [1.29, 1.82) is 0 Å². The molecule has 1 heterocycles. The monoisotopic (exact) mass is 263 g/mol. The summed E-state index contributed by atoms with van der Waals surface area (Å²) in [6.07, 6.45) is 0. The van der Waals surface area contributed by atoms with Crippen LogP contribution in [0.2, 0.25) is 0 Å². The summed E-state index contributed by atoms with van der Waals surface area (Å²) in [5.74, 6) is 0.845. The van der Waals surface area contributed by atoms with Crippen molar-refractivity contribution in [2.45, 2.75) is 13.2 Å². The van der Waals surface area contributed by atoms with E-state index in [-0.39, 0.29) is 0 Å². The van der Waals surface area contributed by atoms with Crippen LogP contribution >= 0.6 is 11.3 Å². The van der Waals surface area contributed by atoms with Crippen molar-refractivity contribution in [1.82, 2.24) is 0 Å². The van der Waals surface area contributed by atoms with E-state index in [0.717, 1.165) is 11.3 Å². The van der Waals surface area contributed by atoms with Crippen LogP contribution < -0.4 is 10.5 Å². The zero-order valence-corrected chi connectivity index (χ0v) is 11.0. The van der Waals surface area contributed by atoms with Crippen LogP contribution in [0.4, 0.5) is 0 Å². The molecule has 0 fully saturated rings. The molecule has 0 aliphatic carbocycles. The Morgan fingerprint density at radius 3 is 2.83 bits per heavy atom. The summed E-state index contributed by atoms with van der Waals surface area (Å²) in [4.78, 5) is 1.24. The largest absolute Gasteiger partial charge is 0.491 e. The second kappa shape index (κ2) is 7.16. The molecule has 0 radical (unpaired) electrons. The highest BCUT2D eigenvalue weighted by Gasteiger charge is 1.97. The Labute approximate surface area is 111 Å². The van der Waals surface area contributed by atoms with E-state index in [1.54, 1.807) is 11.3 Å². The highest BCUT2D eigenvalue weighted by molar-refractivity contribution is 7.09. The molecule has 18 heavy (non-hydrogen) atoms. The molecule has 2 N–H and O–H groups in total. The Morgan fingerprint density at radius 2 is 2.06 bits per heavy atom. The Bertz CT molecular complexity index is 457. The zero-order chi connectivity index (χ0) is 12.6. The summed E-state index contributed by atoms with van der Waals surface area (Å²) in [5, 5.41) is 2.05. The lowest BCUT2D eigenvalue weighted by Gasteiger charge is -2.07. The van der Waals surface area contributed by atoms with Gasteiger partial charge in [-0.15, -0.1) is 11.3 Å². The number of benzene rings is 1. The van der Waals surface area contributed by atoms with Crippen LogP contribution in [-0.2, 0) is 17.9 Å². The van der Waals surface area contributed by atoms with E-state index in [1.807, 2.05) is 35.7 Å². The molecule has 3 nitrogen and oxygen atoms in total. The Kier molecular flexibility index (Phi) is 5.20. The third kappa shape index (κ3) is 4.14.